The lowest BCUT2D eigenvalue weighted by atomic mass is 10.1. The van der Waals surface area contributed by atoms with E-state index < -0.39 is 16.0 Å². The number of hydrogen-bond donors (Lipinski definition) is 1. The summed E-state index contributed by atoms with van der Waals surface area (Å²) in [6, 6.07) is 18.1. The number of ether oxygens (including phenoxy) is 1. The molecule has 0 spiro atoms. The van der Waals surface area contributed by atoms with E-state index >= 15 is 0 Å². The van der Waals surface area contributed by atoms with Gasteiger partial charge in [-0.25, -0.2) is 13.2 Å². The van der Waals surface area contributed by atoms with E-state index in [-0.39, 0.29) is 27.9 Å². The third-order valence-electron chi connectivity index (χ3n) is 4.49. The van der Waals surface area contributed by atoms with Crippen LogP contribution in [0.1, 0.15) is 17.3 Å². The molecule has 0 radical (unpaired) electrons. The molecule has 0 aliphatic carbocycles. The maximum absolute atomic E-state index is 13.1. The van der Waals surface area contributed by atoms with Crippen molar-refractivity contribution in [3.63, 3.8) is 0 Å². The number of fused-ring (bicyclic) bond motifs is 2. The van der Waals surface area contributed by atoms with Gasteiger partial charge >= 0.3 is 5.97 Å². The quantitative estimate of drug-likeness (QED) is 0.368. The zero-order chi connectivity index (χ0) is 21.3. The number of rotatable bonds is 5. The molecular formula is C22H17NO5S2. The first-order valence-electron chi connectivity index (χ1n) is 9.15. The SMILES string of the molecule is CCOC(=O)c1cc(S(=O)(=O)Nc2ccccc2)cc2sc3ccccc3c(=O)c12. The Balaban J connectivity index is 1.99. The van der Waals surface area contributed by atoms with Crippen molar-refractivity contribution in [2.75, 3.05) is 11.3 Å². The van der Waals surface area contributed by atoms with Gasteiger partial charge in [-0.2, -0.15) is 0 Å². The first-order chi connectivity index (χ1) is 14.4. The highest BCUT2D eigenvalue weighted by Crippen LogP contribution is 2.30. The number of anilines is 1. The van der Waals surface area contributed by atoms with Crippen LogP contribution in [-0.4, -0.2) is 21.0 Å². The Bertz CT molecular complexity index is 1430. The standard InChI is InChI=1S/C22H17NO5S2/c1-2-28-22(25)17-12-15(30(26,27)23-14-8-4-3-5-9-14)13-19-20(17)21(24)16-10-6-7-11-18(16)29-19/h3-13,23H,2H2,1H3. The molecular weight excluding hydrogens is 422 g/mol. The van der Waals surface area contributed by atoms with Gasteiger partial charge in [0.1, 0.15) is 0 Å². The minimum atomic E-state index is -4.00. The lowest BCUT2D eigenvalue weighted by Gasteiger charge is -2.12. The fourth-order valence-electron chi connectivity index (χ4n) is 3.15. The maximum atomic E-state index is 13.1. The summed E-state index contributed by atoms with van der Waals surface area (Å²) >= 11 is 1.25. The van der Waals surface area contributed by atoms with Gasteiger partial charge in [-0.1, -0.05) is 30.3 Å². The van der Waals surface area contributed by atoms with E-state index in [9.17, 15) is 18.0 Å². The predicted molar refractivity (Wildman–Crippen MR) is 119 cm³/mol. The summed E-state index contributed by atoms with van der Waals surface area (Å²) in [5, 5.41) is 0.634. The van der Waals surface area contributed by atoms with Gasteiger partial charge in [-0.15, -0.1) is 11.3 Å². The molecule has 0 saturated carbocycles. The molecule has 152 valence electrons. The van der Waals surface area contributed by atoms with E-state index in [2.05, 4.69) is 4.72 Å². The third kappa shape index (κ3) is 3.67. The van der Waals surface area contributed by atoms with E-state index in [1.807, 2.05) is 0 Å². The summed E-state index contributed by atoms with van der Waals surface area (Å²) in [5.74, 6) is -0.737. The van der Waals surface area contributed by atoms with Crippen molar-refractivity contribution in [1.82, 2.24) is 0 Å². The fraction of sp³-hybridized carbons (Fsp3) is 0.0909. The molecule has 1 N–H and O–H groups in total. The zero-order valence-electron chi connectivity index (χ0n) is 15.9. The summed E-state index contributed by atoms with van der Waals surface area (Å²) < 4.78 is 34.7. The van der Waals surface area contributed by atoms with Gasteiger partial charge in [0.2, 0.25) is 0 Å². The number of carbonyl (C=O) groups is 1. The molecule has 0 saturated heterocycles. The highest BCUT2D eigenvalue weighted by molar-refractivity contribution is 7.92. The number of para-hydroxylation sites is 1. The number of nitrogens with one attached hydrogen (secondary N) is 1. The van der Waals surface area contributed by atoms with Crippen LogP contribution in [0.5, 0.6) is 0 Å². The molecule has 0 aliphatic heterocycles. The van der Waals surface area contributed by atoms with Crippen molar-refractivity contribution in [1.29, 1.82) is 0 Å². The van der Waals surface area contributed by atoms with Gasteiger partial charge in [0.15, 0.2) is 5.43 Å². The second-order valence-electron chi connectivity index (χ2n) is 6.46. The Morgan fingerprint density at radius 2 is 1.70 bits per heavy atom. The molecule has 4 aromatic rings. The Kier molecular flexibility index (Phi) is 5.27. The fourth-order valence-corrected chi connectivity index (χ4v) is 5.48. The van der Waals surface area contributed by atoms with Crippen LogP contribution in [0, 0.1) is 0 Å². The average Bonchev–Trinajstić information content (AvgIpc) is 2.73. The van der Waals surface area contributed by atoms with Crippen LogP contribution in [0.25, 0.3) is 20.2 Å². The van der Waals surface area contributed by atoms with E-state index in [1.165, 1.54) is 23.5 Å². The summed E-state index contributed by atoms with van der Waals surface area (Å²) in [6.07, 6.45) is 0. The smallest absolute Gasteiger partial charge is 0.338 e. The minimum Gasteiger partial charge on any atom is -0.462 e. The molecule has 1 aromatic heterocycles. The summed E-state index contributed by atoms with van der Waals surface area (Å²) in [5.41, 5.74) is -0.000796. The van der Waals surface area contributed by atoms with Crippen molar-refractivity contribution in [3.8, 4) is 0 Å². The Morgan fingerprint density at radius 3 is 2.43 bits per heavy atom. The predicted octanol–water partition coefficient (Wildman–Crippen LogP) is 4.39. The van der Waals surface area contributed by atoms with Crippen LogP contribution in [0.3, 0.4) is 0 Å². The van der Waals surface area contributed by atoms with Crippen molar-refractivity contribution in [2.24, 2.45) is 0 Å². The van der Waals surface area contributed by atoms with Crippen molar-refractivity contribution >= 4 is 53.2 Å². The molecule has 0 bridgehead atoms. The number of carbonyl (C=O) groups excluding carboxylic acids is 1. The second kappa shape index (κ2) is 7.89. The Hall–Kier alpha value is -3.23. The lowest BCUT2D eigenvalue weighted by Crippen LogP contribution is -2.16. The molecule has 0 aliphatic rings. The first-order valence-corrected chi connectivity index (χ1v) is 11.5. The van der Waals surface area contributed by atoms with Gasteiger partial charge in [0.05, 0.1) is 22.5 Å². The number of sulfonamides is 1. The van der Waals surface area contributed by atoms with Gasteiger partial charge in [0.25, 0.3) is 10.0 Å². The Morgan fingerprint density at radius 1 is 1.00 bits per heavy atom. The number of hydrogen-bond acceptors (Lipinski definition) is 6. The van der Waals surface area contributed by atoms with Gasteiger partial charge in [-0.3, -0.25) is 9.52 Å². The molecule has 8 heteroatoms. The number of benzene rings is 3. The minimum absolute atomic E-state index is 0.0604. The van der Waals surface area contributed by atoms with Crippen LogP contribution >= 0.6 is 11.3 Å². The van der Waals surface area contributed by atoms with E-state index in [4.69, 9.17) is 4.74 Å². The molecule has 0 amide bonds. The van der Waals surface area contributed by atoms with Crippen molar-refractivity contribution in [3.05, 3.63) is 82.5 Å². The zero-order valence-corrected chi connectivity index (χ0v) is 17.5. The van der Waals surface area contributed by atoms with Crippen LogP contribution in [0.15, 0.2) is 76.4 Å². The monoisotopic (exact) mass is 439 g/mol. The molecule has 4 rings (SSSR count). The molecule has 3 aromatic carbocycles. The topological polar surface area (TPSA) is 89.5 Å². The third-order valence-corrected chi connectivity index (χ3v) is 6.96. The molecule has 0 fully saturated rings. The van der Waals surface area contributed by atoms with Gasteiger partial charge < -0.3 is 4.74 Å². The maximum Gasteiger partial charge on any atom is 0.338 e. The van der Waals surface area contributed by atoms with Crippen LogP contribution in [-0.2, 0) is 14.8 Å². The average molecular weight is 440 g/mol. The van der Waals surface area contributed by atoms with Crippen LogP contribution in [0.2, 0.25) is 0 Å². The van der Waals surface area contributed by atoms with Crippen molar-refractivity contribution in [2.45, 2.75) is 11.8 Å². The highest BCUT2D eigenvalue weighted by Gasteiger charge is 2.23. The van der Waals surface area contributed by atoms with Gasteiger partial charge in [-0.05, 0) is 43.3 Å². The second-order valence-corrected chi connectivity index (χ2v) is 9.23. The van der Waals surface area contributed by atoms with E-state index in [0.717, 1.165) is 0 Å². The van der Waals surface area contributed by atoms with Crippen molar-refractivity contribution < 1.29 is 17.9 Å². The van der Waals surface area contributed by atoms with E-state index in [0.29, 0.717) is 20.5 Å². The normalized spacial score (nSPS) is 11.5. The molecule has 1 heterocycles. The largest absolute Gasteiger partial charge is 0.462 e. The van der Waals surface area contributed by atoms with Crippen LogP contribution < -0.4 is 10.2 Å². The van der Waals surface area contributed by atoms with Crippen LogP contribution in [0.4, 0.5) is 5.69 Å². The molecule has 30 heavy (non-hydrogen) atoms. The highest BCUT2D eigenvalue weighted by atomic mass is 32.2. The molecule has 0 unspecified atom stereocenters. The molecule has 6 nitrogen and oxygen atoms in total. The summed E-state index contributed by atoms with van der Waals surface area (Å²) in [6.45, 7) is 1.75. The lowest BCUT2D eigenvalue weighted by molar-refractivity contribution is 0.0528. The molecule has 0 atom stereocenters. The Labute approximate surface area is 176 Å². The number of esters is 1. The van der Waals surface area contributed by atoms with Gasteiger partial charge in [0, 0.05) is 20.5 Å². The summed E-state index contributed by atoms with van der Waals surface area (Å²) in [4.78, 5) is 25.6. The van der Waals surface area contributed by atoms with E-state index in [1.54, 1.807) is 61.5 Å². The first kappa shape index (κ1) is 20.1. The summed E-state index contributed by atoms with van der Waals surface area (Å²) in [7, 11) is -4.00.